The fourth-order valence-corrected chi connectivity index (χ4v) is 9.07. The fraction of sp³-hybridized carbons (Fsp3) is 0. The molecule has 0 radical (unpaired) electrons. The van der Waals surface area contributed by atoms with E-state index in [1.807, 2.05) is 24.3 Å². The molecule has 0 aliphatic rings. The molecule has 0 aliphatic heterocycles. The monoisotopic (exact) mass is 791 g/mol. The predicted molar refractivity (Wildman–Crippen MR) is 258 cm³/mol. The quantitative estimate of drug-likeness (QED) is 0.151. The van der Waals surface area contributed by atoms with Gasteiger partial charge in [-0.05, 0) is 87.4 Å². The molecule has 0 fully saturated rings. The Morgan fingerprint density at radius 3 is 1.76 bits per heavy atom. The van der Waals surface area contributed by atoms with E-state index in [0.29, 0.717) is 0 Å². The topological polar surface area (TPSA) is 42.2 Å². The Morgan fingerprint density at radius 1 is 0.355 bits per heavy atom. The Bertz CT molecular complexity index is 3640. The van der Waals surface area contributed by atoms with Crippen LogP contribution in [0, 0.1) is 0 Å². The van der Waals surface area contributed by atoms with Crippen molar-refractivity contribution in [1.29, 1.82) is 0 Å². The third kappa shape index (κ3) is 6.08. The summed E-state index contributed by atoms with van der Waals surface area (Å²) < 4.78 is 6.29. The second-order valence-corrected chi connectivity index (χ2v) is 15.7. The van der Waals surface area contributed by atoms with Gasteiger partial charge in [0.15, 0.2) is 0 Å². The molecule has 10 aromatic carbocycles. The first-order chi connectivity index (χ1) is 30.7. The first kappa shape index (κ1) is 35.6. The van der Waals surface area contributed by atoms with Crippen molar-refractivity contribution in [2.45, 2.75) is 0 Å². The molecule has 290 valence electrons. The van der Waals surface area contributed by atoms with E-state index in [2.05, 4.69) is 205 Å². The molecule has 12 rings (SSSR count). The Labute approximate surface area is 358 Å². The number of aromatic nitrogens is 2. The van der Waals surface area contributed by atoms with Crippen molar-refractivity contribution in [3.8, 4) is 44.8 Å². The summed E-state index contributed by atoms with van der Waals surface area (Å²) in [6.07, 6.45) is 0. The molecule has 2 aromatic heterocycles. The van der Waals surface area contributed by atoms with Gasteiger partial charge in [-0.1, -0.05) is 170 Å². The van der Waals surface area contributed by atoms with Gasteiger partial charge < -0.3 is 9.32 Å². The molecular formula is C58H37N3O. The number of furan rings is 1. The molecule has 0 aliphatic carbocycles. The molecular weight excluding hydrogens is 755 g/mol. The van der Waals surface area contributed by atoms with Crippen molar-refractivity contribution < 1.29 is 4.42 Å². The summed E-state index contributed by atoms with van der Waals surface area (Å²) >= 11 is 0. The number of rotatable bonds is 7. The number of anilines is 3. The Morgan fingerprint density at radius 2 is 0.952 bits per heavy atom. The van der Waals surface area contributed by atoms with E-state index in [1.54, 1.807) is 0 Å². The van der Waals surface area contributed by atoms with Gasteiger partial charge in [0.2, 0.25) is 0 Å². The zero-order valence-corrected chi connectivity index (χ0v) is 33.6. The maximum Gasteiger partial charge on any atom is 0.135 e. The van der Waals surface area contributed by atoms with Crippen LogP contribution in [-0.2, 0) is 0 Å². The SMILES string of the molecule is c1ccc(-c2ccccc2N(c2cccc(-c3ccc4ccc5ccc6nc(-c7ccccc7)c(-c7ccccc7)nc6c5c4c3)c2)c2ccc3oc4ccccc4c3c2)cc1. The maximum absolute atomic E-state index is 6.29. The van der Waals surface area contributed by atoms with Gasteiger partial charge in [0.05, 0.1) is 28.1 Å². The second kappa shape index (κ2) is 14.7. The number of para-hydroxylation sites is 2. The van der Waals surface area contributed by atoms with Crippen LogP contribution < -0.4 is 4.90 Å². The summed E-state index contributed by atoms with van der Waals surface area (Å²) in [5.41, 5.74) is 15.0. The molecule has 0 atom stereocenters. The first-order valence-corrected chi connectivity index (χ1v) is 21.0. The summed E-state index contributed by atoms with van der Waals surface area (Å²) in [7, 11) is 0. The van der Waals surface area contributed by atoms with Crippen LogP contribution in [-0.4, -0.2) is 9.97 Å². The van der Waals surface area contributed by atoms with Gasteiger partial charge in [-0.2, -0.15) is 0 Å². The zero-order chi connectivity index (χ0) is 41.0. The molecule has 0 saturated heterocycles. The van der Waals surface area contributed by atoms with Crippen molar-refractivity contribution in [2.75, 3.05) is 4.90 Å². The highest BCUT2D eigenvalue weighted by atomic mass is 16.3. The third-order valence-electron chi connectivity index (χ3n) is 12.0. The minimum atomic E-state index is 0.867. The summed E-state index contributed by atoms with van der Waals surface area (Å²) in [6.45, 7) is 0. The van der Waals surface area contributed by atoms with Crippen molar-refractivity contribution in [2.24, 2.45) is 0 Å². The van der Waals surface area contributed by atoms with E-state index < -0.39 is 0 Å². The van der Waals surface area contributed by atoms with E-state index in [0.717, 1.165) is 116 Å². The largest absolute Gasteiger partial charge is 0.456 e. The van der Waals surface area contributed by atoms with Crippen molar-refractivity contribution in [3.05, 3.63) is 224 Å². The lowest BCUT2D eigenvalue weighted by molar-refractivity contribution is 0.669. The van der Waals surface area contributed by atoms with Crippen LogP contribution in [0.25, 0.3) is 99.3 Å². The van der Waals surface area contributed by atoms with E-state index >= 15 is 0 Å². The molecule has 0 saturated carbocycles. The lowest BCUT2D eigenvalue weighted by atomic mass is 9.95. The number of benzene rings is 10. The number of hydrogen-bond acceptors (Lipinski definition) is 4. The molecule has 4 nitrogen and oxygen atoms in total. The molecule has 0 amide bonds. The number of hydrogen-bond donors (Lipinski definition) is 0. The average molecular weight is 792 g/mol. The highest BCUT2D eigenvalue weighted by molar-refractivity contribution is 6.19. The van der Waals surface area contributed by atoms with E-state index in [4.69, 9.17) is 14.4 Å². The molecule has 12 aromatic rings. The molecule has 0 spiro atoms. The highest BCUT2D eigenvalue weighted by Gasteiger charge is 2.20. The smallest absolute Gasteiger partial charge is 0.135 e. The molecule has 62 heavy (non-hydrogen) atoms. The average Bonchev–Trinajstić information content (AvgIpc) is 3.72. The minimum absolute atomic E-state index is 0.867. The van der Waals surface area contributed by atoms with Gasteiger partial charge in [0, 0.05) is 44.2 Å². The van der Waals surface area contributed by atoms with Gasteiger partial charge in [0.25, 0.3) is 0 Å². The van der Waals surface area contributed by atoms with Crippen molar-refractivity contribution >= 4 is 71.6 Å². The number of fused-ring (bicyclic) bond motifs is 8. The van der Waals surface area contributed by atoms with E-state index in [-0.39, 0.29) is 0 Å². The van der Waals surface area contributed by atoms with Crippen LogP contribution in [0.2, 0.25) is 0 Å². The van der Waals surface area contributed by atoms with Crippen LogP contribution in [0.4, 0.5) is 17.1 Å². The molecule has 4 heteroatoms. The molecule has 2 heterocycles. The first-order valence-electron chi connectivity index (χ1n) is 21.0. The van der Waals surface area contributed by atoms with Crippen LogP contribution in [0.3, 0.4) is 0 Å². The van der Waals surface area contributed by atoms with Gasteiger partial charge in [-0.15, -0.1) is 0 Å². The molecule has 0 unspecified atom stereocenters. The van der Waals surface area contributed by atoms with Gasteiger partial charge in [-0.3, -0.25) is 0 Å². The molecule has 0 N–H and O–H groups in total. The molecule has 0 bridgehead atoms. The van der Waals surface area contributed by atoms with Crippen LogP contribution in [0.5, 0.6) is 0 Å². The Hall–Kier alpha value is -8.34. The zero-order valence-electron chi connectivity index (χ0n) is 33.6. The summed E-state index contributed by atoms with van der Waals surface area (Å²) in [4.78, 5) is 13.2. The third-order valence-corrected chi connectivity index (χ3v) is 12.0. The van der Waals surface area contributed by atoms with Crippen LogP contribution in [0.15, 0.2) is 229 Å². The normalized spacial score (nSPS) is 11.5. The van der Waals surface area contributed by atoms with Gasteiger partial charge >= 0.3 is 0 Å². The second-order valence-electron chi connectivity index (χ2n) is 15.7. The van der Waals surface area contributed by atoms with Gasteiger partial charge in [-0.25, -0.2) is 9.97 Å². The predicted octanol–water partition coefficient (Wildman–Crippen LogP) is 16.0. The lowest BCUT2D eigenvalue weighted by Gasteiger charge is -2.28. The standard InChI is InChI=1S/C58H37N3O/c1-4-15-38(16-5-1)47-23-10-12-25-52(47)61(46-32-34-54-50(37-46)48-24-11-13-26-53(48)62-54)45-22-14-21-43(35-45)44-30-28-39-27-29-40-31-33-51-58(55(40)49(39)36-44)60-57(42-19-8-3-9-20-42)56(59-51)41-17-6-2-7-18-41/h1-37H. The van der Waals surface area contributed by atoms with E-state index in [1.165, 1.54) is 0 Å². The Kier molecular flexibility index (Phi) is 8.46. The summed E-state index contributed by atoms with van der Waals surface area (Å²) in [5.74, 6) is 0. The summed E-state index contributed by atoms with van der Waals surface area (Å²) in [5, 5.41) is 6.70. The fourth-order valence-electron chi connectivity index (χ4n) is 9.07. The van der Waals surface area contributed by atoms with Crippen molar-refractivity contribution in [1.82, 2.24) is 9.97 Å². The maximum atomic E-state index is 6.29. The van der Waals surface area contributed by atoms with Crippen molar-refractivity contribution in [3.63, 3.8) is 0 Å². The highest BCUT2D eigenvalue weighted by Crippen LogP contribution is 2.44. The summed E-state index contributed by atoms with van der Waals surface area (Å²) in [6, 6.07) is 79.3. The van der Waals surface area contributed by atoms with Crippen LogP contribution in [0.1, 0.15) is 0 Å². The number of nitrogens with zero attached hydrogens (tertiary/aromatic N) is 3. The van der Waals surface area contributed by atoms with Crippen LogP contribution >= 0.6 is 0 Å². The minimum Gasteiger partial charge on any atom is -0.456 e. The lowest BCUT2D eigenvalue weighted by Crippen LogP contribution is -2.11. The Balaban J connectivity index is 1.05. The van der Waals surface area contributed by atoms with Gasteiger partial charge in [0.1, 0.15) is 11.2 Å². The van der Waals surface area contributed by atoms with E-state index in [9.17, 15) is 0 Å².